The van der Waals surface area contributed by atoms with Crippen LogP contribution in [0.1, 0.15) is 5.56 Å². The number of hydrogen-bond donors (Lipinski definition) is 1. The highest BCUT2D eigenvalue weighted by Gasteiger charge is 2.11. The molecular formula is C13H10BrFN2O2S. The van der Waals surface area contributed by atoms with Crippen LogP contribution < -0.4 is 4.83 Å². The first-order valence-corrected chi connectivity index (χ1v) is 7.81. The molecule has 1 N–H and O–H groups in total. The number of rotatable bonds is 4. The van der Waals surface area contributed by atoms with Gasteiger partial charge in [0, 0.05) is 4.47 Å². The van der Waals surface area contributed by atoms with Crippen LogP contribution in [0.3, 0.4) is 0 Å². The number of hydrogen-bond acceptors (Lipinski definition) is 3. The van der Waals surface area contributed by atoms with Crippen molar-refractivity contribution in [2.75, 3.05) is 0 Å². The second-order valence-electron chi connectivity index (χ2n) is 3.86. The van der Waals surface area contributed by atoms with Crippen LogP contribution in [-0.4, -0.2) is 14.6 Å². The number of sulfonamides is 1. The van der Waals surface area contributed by atoms with Gasteiger partial charge in [-0.2, -0.15) is 13.5 Å². The van der Waals surface area contributed by atoms with Crippen LogP contribution in [0.4, 0.5) is 4.39 Å². The zero-order valence-electron chi connectivity index (χ0n) is 10.1. The molecule has 0 amide bonds. The zero-order valence-corrected chi connectivity index (χ0v) is 12.5. The van der Waals surface area contributed by atoms with Gasteiger partial charge in [0.2, 0.25) is 0 Å². The van der Waals surface area contributed by atoms with Crippen LogP contribution in [0.15, 0.2) is 63.0 Å². The van der Waals surface area contributed by atoms with Crippen molar-refractivity contribution in [3.05, 3.63) is 64.4 Å². The fourth-order valence-corrected chi connectivity index (χ4v) is 2.48. The van der Waals surface area contributed by atoms with Gasteiger partial charge < -0.3 is 0 Å². The maximum absolute atomic E-state index is 12.9. The van der Waals surface area contributed by atoms with Crippen molar-refractivity contribution in [1.29, 1.82) is 0 Å². The van der Waals surface area contributed by atoms with Gasteiger partial charge in [0.25, 0.3) is 10.0 Å². The third-order valence-corrected chi connectivity index (χ3v) is 4.13. The molecule has 0 fully saturated rings. The van der Waals surface area contributed by atoms with E-state index in [1.165, 1.54) is 36.5 Å². The molecule has 20 heavy (non-hydrogen) atoms. The molecule has 4 nitrogen and oxygen atoms in total. The topological polar surface area (TPSA) is 58.5 Å². The van der Waals surface area contributed by atoms with Crippen molar-refractivity contribution in [1.82, 2.24) is 4.83 Å². The van der Waals surface area contributed by atoms with Crippen molar-refractivity contribution in [3.63, 3.8) is 0 Å². The average molecular weight is 357 g/mol. The van der Waals surface area contributed by atoms with Gasteiger partial charge >= 0.3 is 0 Å². The van der Waals surface area contributed by atoms with Crippen LogP contribution in [0.25, 0.3) is 0 Å². The van der Waals surface area contributed by atoms with E-state index in [1.807, 2.05) is 0 Å². The van der Waals surface area contributed by atoms with Gasteiger partial charge in [0.15, 0.2) is 0 Å². The maximum Gasteiger partial charge on any atom is 0.276 e. The first kappa shape index (κ1) is 14.7. The summed E-state index contributed by atoms with van der Waals surface area (Å²) >= 11 is 3.22. The zero-order chi connectivity index (χ0) is 14.6. The Kier molecular flexibility index (Phi) is 4.51. The summed E-state index contributed by atoms with van der Waals surface area (Å²) in [5.41, 5.74) is 0.462. The van der Waals surface area contributed by atoms with Crippen molar-refractivity contribution in [2.24, 2.45) is 5.10 Å². The van der Waals surface area contributed by atoms with Crippen molar-refractivity contribution in [2.45, 2.75) is 4.90 Å². The molecule has 0 radical (unpaired) electrons. The van der Waals surface area contributed by atoms with E-state index in [9.17, 15) is 12.8 Å². The van der Waals surface area contributed by atoms with E-state index in [0.717, 1.165) is 4.47 Å². The molecule has 0 aromatic heterocycles. The summed E-state index contributed by atoms with van der Waals surface area (Å²) in [4.78, 5) is 2.16. The lowest BCUT2D eigenvalue weighted by atomic mass is 10.2. The molecule has 0 heterocycles. The molecule has 0 atom stereocenters. The Balaban J connectivity index is 2.11. The molecule has 0 aliphatic carbocycles. The molecule has 0 saturated carbocycles. The summed E-state index contributed by atoms with van der Waals surface area (Å²) < 4.78 is 37.5. The molecule has 0 aliphatic rings. The first-order chi connectivity index (χ1) is 9.47. The minimum atomic E-state index is -3.72. The molecule has 7 heteroatoms. The molecule has 0 spiro atoms. The van der Waals surface area contributed by atoms with Crippen molar-refractivity contribution >= 4 is 32.2 Å². The maximum atomic E-state index is 12.9. The normalized spacial score (nSPS) is 11.7. The van der Waals surface area contributed by atoms with Gasteiger partial charge in [-0.05, 0) is 42.0 Å². The van der Waals surface area contributed by atoms with E-state index >= 15 is 0 Å². The minimum Gasteiger partial charge on any atom is -0.207 e. The highest BCUT2D eigenvalue weighted by Crippen LogP contribution is 2.14. The Morgan fingerprint density at radius 2 is 1.85 bits per heavy atom. The highest BCUT2D eigenvalue weighted by atomic mass is 79.9. The van der Waals surface area contributed by atoms with Crippen LogP contribution in [0.2, 0.25) is 0 Å². The van der Waals surface area contributed by atoms with Crippen LogP contribution in [0.5, 0.6) is 0 Å². The molecular weight excluding hydrogens is 347 g/mol. The fourth-order valence-electron chi connectivity index (χ4n) is 1.42. The van der Waals surface area contributed by atoms with Crippen LogP contribution >= 0.6 is 15.9 Å². The predicted octanol–water partition coefficient (Wildman–Crippen LogP) is 2.90. The third kappa shape index (κ3) is 3.88. The Labute approximate surface area is 124 Å². The molecule has 2 rings (SSSR count). The lowest BCUT2D eigenvalue weighted by molar-refractivity contribution is 0.584. The van der Waals surface area contributed by atoms with E-state index in [4.69, 9.17) is 0 Å². The summed E-state index contributed by atoms with van der Waals surface area (Å²) in [5.74, 6) is -0.412. The summed E-state index contributed by atoms with van der Waals surface area (Å²) in [6.07, 6.45) is 1.24. The Morgan fingerprint density at radius 1 is 1.15 bits per heavy atom. The molecule has 0 saturated heterocycles. The molecule has 2 aromatic carbocycles. The summed E-state index contributed by atoms with van der Waals surface area (Å²) in [5, 5.41) is 3.61. The first-order valence-electron chi connectivity index (χ1n) is 5.53. The summed E-state index contributed by atoms with van der Waals surface area (Å²) in [6.45, 7) is 0. The van der Waals surface area contributed by atoms with E-state index in [1.54, 1.807) is 18.2 Å². The van der Waals surface area contributed by atoms with E-state index in [0.29, 0.717) is 5.56 Å². The van der Waals surface area contributed by atoms with Gasteiger partial charge in [-0.25, -0.2) is 9.22 Å². The lowest BCUT2D eigenvalue weighted by Gasteiger charge is -2.03. The summed E-state index contributed by atoms with van der Waals surface area (Å²) in [7, 11) is -3.72. The van der Waals surface area contributed by atoms with Gasteiger partial charge in [-0.3, -0.25) is 0 Å². The smallest absolute Gasteiger partial charge is 0.207 e. The Bertz CT molecular complexity index is 730. The molecule has 0 aliphatic heterocycles. The SMILES string of the molecule is O=S(=O)(N/N=C/c1cccc(F)c1)c1ccc(Br)cc1. The second-order valence-corrected chi connectivity index (χ2v) is 6.44. The van der Waals surface area contributed by atoms with E-state index < -0.39 is 15.8 Å². The molecule has 0 bridgehead atoms. The van der Waals surface area contributed by atoms with E-state index in [2.05, 4.69) is 25.9 Å². The van der Waals surface area contributed by atoms with Gasteiger partial charge in [0.1, 0.15) is 5.82 Å². The Hall–Kier alpha value is -1.73. The second kappa shape index (κ2) is 6.15. The molecule has 2 aromatic rings. The predicted molar refractivity (Wildman–Crippen MR) is 78.5 cm³/mol. The highest BCUT2D eigenvalue weighted by molar-refractivity contribution is 9.10. The Morgan fingerprint density at radius 3 is 2.50 bits per heavy atom. The van der Waals surface area contributed by atoms with Crippen molar-refractivity contribution in [3.8, 4) is 0 Å². The average Bonchev–Trinajstić information content (AvgIpc) is 2.39. The molecule has 104 valence electrons. The number of benzene rings is 2. The fraction of sp³-hybridized carbons (Fsp3) is 0. The van der Waals surface area contributed by atoms with Crippen molar-refractivity contribution < 1.29 is 12.8 Å². The summed E-state index contributed by atoms with van der Waals surface area (Å²) in [6, 6.07) is 11.8. The monoisotopic (exact) mass is 356 g/mol. The lowest BCUT2D eigenvalue weighted by Crippen LogP contribution is -2.18. The largest absolute Gasteiger partial charge is 0.276 e. The van der Waals surface area contributed by atoms with Crippen LogP contribution in [-0.2, 0) is 10.0 Å². The number of halogens is 2. The number of nitrogens with one attached hydrogen (secondary N) is 1. The minimum absolute atomic E-state index is 0.0945. The number of nitrogens with zero attached hydrogens (tertiary/aromatic N) is 1. The van der Waals surface area contributed by atoms with Gasteiger partial charge in [-0.1, -0.05) is 28.1 Å². The quantitative estimate of drug-likeness (QED) is 0.676. The molecule has 0 unspecified atom stereocenters. The third-order valence-electron chi connectivity index (χ3n) is 2.36. The van der Waals surface area contributed by atoms with Gasteiger partial charge in [-0.15, -0.1) is 0 Å². The van der Waals surface area contributed by atoms with E-state index in [-0.39, 0.29) is 4.90 Å². The standard InChI is InChI=1S/C13H10BrFN2O2S/c14-11-4-6-13(7-5-11)20(18,19)17-16-9-10-2-1-3-12(15)8-10/h1-9,17H/b16-9+. The van der Waals surface area contributed by atoms with Crippen LogP contribution in [0, 0.1) is 5.82 Å². The van der Waals surface area contributed by atoms with Gasteiger partial charge in [0.05, 0.1) is 11.1 Å². The number of hydrazone groups is 1.